The smallest absolute Gasteiger partial charge is 0.262 e. The van der Waals surface area contributed by atoms with E-state index in [-0.39, 0.29) is 23.0 Å². The molecule has 0 unspecified atom stereocenters. The van der Waals surface area contributed by atoms with E-state index in [0.717, 1.165) is 12.0 Å². The number of nitrogens with zero attached hydrogens (tertiary/aromatic N) is 1. The van der Waals surface area contributed by atoms with Crippen LogP contribution < -0.4 is 14.8 Å². The molecule has 1 aliphatic rings. The number of fused-ring (bicyclic) bond motifs is 1. The van der Waals surface area contributed by atoms with Crippen molar-refractivity contribution < 1.29 is 22.7 Å². The van der Waals surface area contributed by atoms with Gasteiger partial charge in [-0.15, -0.1) is 0 Å². The zero-order valence-corrected chi connectivity index (χ0v) is 18.6. The van der Waals surface area contributed by atoms with Gasteiger partial charge in [-0.3, -0.25) is 4.79 Å². The fourth-order valence-electron chi connectivity index (χ4n) is 3.49. The Hall–Kier alpha value is -2.58. The van der Waals surface area contributed by atoms with Crippen LogP contribution in [0.15, 0.2) is 47.4 Å². The Morgan fingerprint density at radius 3 is 2.57 bits per heavy atom. The Labute approximate surface area is 178 Å². The monoisotopic (exact) mass is 432 g/mol. The molecule has 3 rings (SSSR count). The van der Waals surface area contributed by atoms with Gasteiger partial charge in [0.15, 0.2) is 18.1 Å². The molecular formula is C22H28N2O5S. The molecule has 0 spiro atoms. The van der Waals surface area contributed by atoms with E-state index in [9.17, 15) is 13.2 Å². The van der Waals surface area contributed by atoms with Crippen LogP contribution >= 0.6 is 0 Å². The summed E-state index contributed by atoms with van der Waals surface area (Å²) in [6, 6.07) is 11.9. The lowest BCUT2D eigenvalue weighted by Gasteiger charge is -2.19. The van der Waals surface area contributed by atoms with Crippen LogP contribution in [-0.2, 0) is 21.2 Å². The minimum Gasteiger partial charge on any atom is -0.483 e. The molecule has 1 heterocycles. The van der Waals surface area contributed by atoms with Crippen molar-refractivity contribution in [2.45, 2.75) is 44.6 Å². The van der Waals surface area contributed by atoms with Crippen molar-refractivity contribution in [3.8, 4) is 11.5 Å². The van der Waals surface area contributed by atoms with Crippen molar-refractivity contribution in [1.29, 1.82) is 0 Å². The van der Waals surface area contributed by atoms with Crippen LogP contribution in [0.1, 0.15) is 33.3 Å². The van der Waals surface area contributed by atoms with Gasteiger partial charge >= 0.3 is 0 Å². The highest BCUT2D eigenvalue weighted by molar-refractivity contribution is 7.89. The van der Waals surface area contributed by atoms with Gasteiger partial charge in [-0.05, 0) is 38.1 Å². The maximum Gasteiger partial charge on any atom is 0.262 e. The molecular weight excluding hydrogens is 404 g/mol. The predicted molar refractivity (Wildman–Crippen MR) is 116 cm³/mol. The van der Waals surface area contributed by atoms with Crippen molar-refractivity contribution in [3.05, 3.63) is 48.0 Å². The third-order valence-electron chi connectivity index (χ3n) is 4.87. The molecule has 0 fully saturated rings. The fourth-order valence-corrected chi connectivity index (χ4v) is 4.99. The summed E-state index contributed by atoms with van der Waals surface area (Å²) in [7, 11) is -3.60. The summed E-state index contributed by atoms with van der Waals surface area (Å²) in [4.78, 5) is 12.5. The van der Waals surface area contributed by atoms with Crippen LogP contribution in [0, 0.1) is 0 Å². The molecule has 0 aromatic heterocycles. The molecule has 1 aliphatic heterocycles. The van der Waals surface area contributed by atoms with Crippen LogP contribution in [0.4, 0.5) is 5.69 Å². The van der Waals surface area contributed by atoms with Crippen LogP contribution in [0.5, 0.6) is 11.5 Å². The zero-order valence-electron chi connectivity index (χ0n) is 17.8. The van der Waals surface area contributed by atoms with Crippen molar-refractivity contribution >= 4 is 21.6 Å². The molecule has 0 saturated heterocycles. The van der Waals surface area contributed by atoms with E-state index in [1.54, 1.807) is 32.0 Å². The SMILES string of the molecule is CCN(CC)S(=O)(=O)c1cccc(NC(=O)COc2cccc3c2OC(C)(C)C3)c1. The number of ether oxygens (including phenoxy) is 2. The Bertz CT molecular complexity index is 1030. The standard InChI is InChI=1S/C22H28N2O5S/c1-5-24(6-2)30(26,27)18-11-8-10-17(13-18)23-20(25)15-28-19-12-7-9-16-14-22(3,4)29-21(16)19/h7-13H,5-6,14-15H2,1-4H3,(H,23,25). The maximum atomic E-state index is 12.7. The molecule has 30 heavy (non-hydrogen) atoms. The highest BCUT2D eigenvalue weighted by Crippen LogP contribution is 2.41. The lowest BCUT2D eigenvalue weighted by Crippen LogP contribution is -2.30. The molecule has 1 amide bonds. The van der Waals surface area contributed by atoms with Gasteiger partial charge in [0.05, 0.1) is 4.90 Å². The first kappa shape index (κ1) is 22.1. The van der Waals surface area contributed by atoms with Crippen LogP contribution in [0.3, 0.4) is 0 Å². The summed E-state index contributed by atoms with van der Waals surface area (Å²) in [5.74, 6) is 0.802. The third kappa shape index (κ3) is 4.76. The Morgan fingerprint density at radius 2 is 1.87 bits per heavy atom. The third-order valence-corrected chi connectivity index (χ3v) is 6.92. The average Bonchev–Trinajstić information content (AvgIpc) is 3.01. The van der Waals surface area contributed by atoms with Gasteiger partial charge in [-0.2, -0.15) is 4.31 Å². The summed E-state index contributed by atoms with van der Waals surface area (Å²) < 4.78 is 38.4. The van der Waals surface area contributed by atoms with E-state index >= 15 is 0 Å². The van der Waals surface area contributed by atoms with Crippen molar-refractivity contribution in [3.63, 3.8) is 0 Å². The molecule has 0 aliphatic carbocycles. The van der Waals surface area contributed by atoms with E-state index in [4.69, 9.17) is 9.47 Å². The largest absolute Gasteiger partial charge is 0.483 e. The zero-order chi connectivity index (χ0) is 21.9. The molecule has 162 valence electrons. The number of hydrogen-bond donors (Lipinski definition) is 1. The number of anilines is 1. The Kier molecular flexibility index (Phi) is 6.38. The van der Waals surface area contributed by atoms with E-state index in [2.05, 4.69) is 5.32 Å². The first-order valence-corrected chi connectivity index (χ1v) is 11.4. The normalized spacial score (nSPS) is 14.8. The second kappa shape index (κ2) is 8.65. The Balaban J connectivity index is 1.67. The highest BCUT2D eigenvalue weighted by atomic mass is 32.2. The molecule has 0 atom stereocenters. The molecule has 0 saturated carbocycles. The predicted octanol–water partition coefficient (Wildman–Crippen LogP) is 3.45. The number of carbonyl (C=O) groups excluding carboxylic acids is 1. The highest BCUT2D eigenvalue weighted by Gasteiger charge is 2.32. The number of para-hydroxylation sites is 1. The van der Waals surface area contributed by atoms with Gasteiger partial charge in [0, 0.05) is 30.8 Å². The van der Waals surface area contributed by atoms with Crippen molar-refractivity contribution in [2.24, 2.45) is 0 Å². The topological polar surface area (TPSA) is 84.9 Å². The van der Waals surface area contributed by atoms with Crippen molar-refractivity contribution in [1.82, 2.24) is 4.31 Å². The number of rotatable bonds is 8. The van der Waals surface area contributed by atoms with Gasteiger partial charge in [-0.25, -0.2) is 8.42 Å². The molecule has 2 aromatic rings. The maximum absolute atomic E-state index is 12.7. The minimum atomic E-state index is -3.60. The van der Waals surface area contributed by atoms with E-state index in [0.29, 0.717) is 30.3 Å². The molecule has 2 aromatic carbocycles. The van der Waals surface area contributed by atoms with E-state index in [1.165, 1.54) is 16.4 Å². The number of nitrogens with one attached hydrogen (secondary N) is 1. The fraction of sp³-hybridized carbons (Fsp3) is 0.409. The number of amides is 1. The van der Waals surface area contributed by atoms with Crippen LogP contribution in [0.25, 0.3) is 0 Å². The Morgan fingerprint density at radius 1 is 1.17 bits per heavy atom. The number of benzene rings is 2. The number of hydrogen-bond acceptors (Lipinski definition) is 5. The summed E-state index contributed by atoms with van der Waals surface area (Å²) >= 11 is 0. The summed E-state index contributed by atoms with van der Waals surface area (Å²) in [6.07, 6.45) is 0.777. The molecule has 1 N–H and O–H groups in total. The second-order valence-corrected chi connectivity index (χ2v) is 9.67. The van der Waals surface area contributed by atoms with Crippen LogP contribution in [0.2, 0.25) is 0 Å². The van der Waals surface area contributed by atoms with Crippen LogP contribution in [-0.4, -0.2) is 43.9 Å². The lowest BCUT2D eigenvalue weighted by atomic mass is 10.0. The van der Waals surface area contributed by atoms with Gasteiger partial charge < -0.3 is 14.8 Å². The number of carbonyl (C=O) groups is 1. The molecule has 0 bridgehead atoms. The van der Waals surface area contributed by atoms with E-state index < -0.39 is 10.0 Å². The molecule has 8 heteroatoms. The first-order chi connectivity index (χ1) is 14.2. The average molecular weight is 433 g/mol. The van der Waals surface area contributed by atoms with E-state index in [1.807, 2.05) is 26.0 Å². The van der Waals surface area contributed by atoms with Crippen molar-refractivity contribution in [2.75, 3.05) is 25.0 Å². The van der Waals surface area contributed by atoms with Gasteiger partial charge in [0.25, 0.3) is 5.91 Å². The number of sulfonamides is 1. The summed E-state index contributed by atoms with van der Waals surface area (Å²) in [5, 5.41) is 2.70. The molecule has 0 radical (unpaired) electrons. The second-order valence-electron chi connectivity index (χ2n) is 7.74. The quantitative estimate of drug-likeness (QED) is 0.691. The molecule has 7 nitrogen and oxygen atoms in total. The first-order valence-electron chi connectivity index (χ1n) is 10.00. The lowest BCUT2D eigenvalue weighted by molar-refractivity contribution is -0.118. The van der Waals surface area contributed by atoms with Gasteiger partial charge in [0.1, 0.15) is 5.60 Å². The summed E-state index contributed by atoms with van der Waals surface area (Å²) in [6.45, 7) is 8.12. The summed E-state index contributed by atoms with van der Waals surface area (Å²) in [5.41, 5.74) is 1.14. The van der Waals surface area contributed by atoms with Gasteiger partial charge in [-0.1, -0.05) is 32.0 Å². The minimum absolute atomic E-state index is 0.140. The van der Waals surface area contributed by atoms with Gasteiger partial charge in [0.2, 0.25) is 10.0 Å².